The lowest BCUT2D eigenvalue weighted by molar-refractivity contribution is 0.0510. The molecule has 0 bridgehead atoms. The molecule has 0 spiro atoms. The number of allylic oxidation sites excluding steroid dienone is 1. The maximum absolute atomic E-state index is 12.2. The van der Waals surface area contributed by atoms with Crippen LogP contribution in [-0.4, -0.2) is 31.9 Å². The molecule has 1 aliphatic rings. The average Bonchev–Trinajstić information content (AvgIpc) is 3.38. The van der Waals surface area contributed by atoms with Crippen LogP contribution in [0.3, 0.4) is 0 Å². The van der Waals surface area contributed by atoms with Crippen molar-refractivity contribution in [3.63, 3.8) is 0 Å². The minimum absolute atomic E-state index is 0.0711. The number of carbonyl (C=O) groups excluding carboxylic acids is 1. The van der Waals surface area contributed by atoms with E-state index in [2.05, 4.69) is 36.9 Å². The van der Waals surface area contributed by atoms with Crippen LogP contribution in [0.15, 0.2) is 48.1 Å². The number of ether oxygens (including phenoxy) is 2. The molecule has 3 heterocycles. The number of carbonyl (C=O) groups is 1. The molecule has 3 aromatic rings. The van der Waals surface area contributed by atoms with Crippen LogP contribution in [-0.2, 0) is 17.2 Å². The molecule has 0 radical (unpaired) electrons. The zero-order chi connectivity index (χ0) is 23.9. The summed E-state index contributed by atoms with van der Waals surface area (Å²) in [6.07, 6.45) is 3.25. The Morgan fingerprint density at radius 1 is 1.30 bits per heavy atom. The molecule has 33 heavy (non-hydrogen) atoms. The number of imidazole rings is 1. The van der Waals surface area contributed by atoms with Crippen molar-refractivity contribution < 1.29 is 14.3 Å². The highest BCUT2D eigenvalue weighted by Crippen LogP contribution is 2.46. The number of rotatable bonds is 4. The van der Waals surface area contributed by atoms with Crippen molar-refractivity contribution in [3.8, 4) is 17.6 Å². The van der Waals surface area contributed by atoms with Gasteiger partial charge < -0.3 is 15.2 Å². The number of nitrogens with two attached hydrogens (primary N) is 1. The van der Waals surface area contributed by atoms with Gasteiger partial charge in [0.25, 0.3) is 0 Å². The van der Waals surface area contributed by atoms with Gasteiger partial charge in [0.2, 0.25) is 17.6 Å². The van der Waals surface area contributed by atoms with Crippen LogP contribution in [0.2, 0.25) is 0 Å². The first kappa shape index (κ1) is 22.1. The van der Waals surface area contributed by atoms with Crippen molar-refractivity contribution in [2.45, 2.75) is 39.0 Å². The predicted octanol–water partition coefficient (Wildman–Crippen LogP) is 3.30. The first-order valence-electron chi connectivity index (χ1n) is 10.6. The van der Waals surface area contributed by atoms with E-state index < -0.39 is 11.9 Å². The van der Waals surface area contributed by atoms with Crippen molar-refractivity contribution in [1.82, 2.24) is 19.3 Å². The van der Waals surface area contributed by atoms with E-state index in [4.69, 9.17) is 15.2 Å². The van der Waals surface area contributed by atoms with Gasteiger partial charge in [0, 0.05) is 30.5 Å². The number of hydrogen-bond acceptors (Lipinski definition) is 7. The Bertz CT molecular complexity index is 1290. The third-order valence-corrected chi connectivity index (χ3v) is 5.51. The summed E-state index contributed by atoms with van der Waals surface area (Å²) in [4.78, 5) is 16.3. The number of aromatic nitrogens is 4. The third-order valence-electron chi connectivity index (χ3n) is 5.51. The second-order valence-corrected chi connectivity index (χ2v) is 8.80. The van der Waals surface area contributed by atoms with Crippen LogP contribution < -0.4 is 10.5 Å². The van der Waals surface area contributed by atoms with E-state index in [9.17, 15) is 10.1 Å². The highest BCUT2D eigenvalue weighted by molar-refractivity contribution is 5.86. The summed E-state index contributed by atoms with van der Waals surface area (Å²) in [6, 6.07) is 9.79. The molecule has 0 fully saturated rings. The van der Waals surface area contributed by atoms with Crippen molar-refractivity contribution in [2.75, 3.05) is 6.61 Å². The lowest BCUT2D eigenvalue weighted by atomic mass is 9.79. The smallest absolute Gasteiger partial charge is 0.374 e. The van der Waals surface area contributed by atoms with Crippen LogP contribution in [0.4, 0.5) is 0 Å². The van der Waals surface area contributed by atoms with Crippen LogP contribution >= 0.6 is 0 Å². The maximum Gasteiger partial charge on any atom is 0.374 e. The van der Waals surface area contributed by atoms with Gasteiger partial charge in [-0.2, -0.15) is 10.4 Å². The Morgan fingerprint density at radius 2 is 2.00 bits per heavy atom. The van der Waals surface area contributed by atoms with Crippen LogP contribution in [0.25, 0.3) is 5.69 Å². The molecule has 9 nitrogen and oxygen atoms in total. The zero-order valence-corrected chi connectivity index (χ0v) is 19.3. The lowest BCUT2D eigenvalue weighted by Gasteiger charge is -2.27. The Kier molecular flexibility index (Phi) is 5.46. The monoisotopic (exact) mass is 446 g/mol. The molecule has 0 amide bonds. The number of hydrogen-bond donors (Lipinski definition) is 1. The van der Waals surface area contributed by atoms with E-state index in [-0.39, 0.29) is 23.7 Å². The molecule has 2 N–H and O–H groups in total. The number of nitriles is 1. The number of fused-ring (bicyclic) bond motifs is 1. The summed E-state index contributed by atoms with van der Waals surface area (Å²) in [6.45, 7) is 8.22. The topological polar surface area (TPSA) is 121 Å². The molecule has 1 unspecified atom stereocenters. The molecule has 0 saturated carbocycles. The van der Waals surface area contributed by atoms with E-state index in [1.165, 1.54) is 0 Å². The standard InChI is InChI=1S/C24H26N6O3/c1-6-32-23(31)21-27-11-12-30(21)15-9-7-14(8-10-15)17-16(13-25)20(26)33-22-18(17)19(24(2,3)4)28-29(22)5/h7-12,17H,6,26H2,1-5H3. The second kappa shape index (κ2) is 8.13. The van der Waals surface area contributed by atoms with E-state index in [1.807, 2.05) is 24.3 Å². The molecule has 1 aliphatic heterocycles. The SMILES string of the molecule is CCOC(=O)c1nccn1-c1ccc(C2C(C#N)=C(N)Oc3c2c(C(C)(C)C)nn3C)cc1. The second-order valence-electron chi connectivity index (χ2n) is 8.80. The first-order chi connectivity index (χ1) is 15.7. The Balaban J connectivity index is 1.82. The molecule has 9 heteroatoms. The highest BCUT2D eigenvalue weighted by atomic mass is 16.5. The van der Waals surface area contributed by atoms with Gasteiger partial charge in [-0.25, -0.2) is 14.5 Å². The normalized spacial score (nSPS) is 15.6. The first-order valence-corrected chi connectivity index (χ1v) is 10.6. The van der Waals surface area contributed by atoms with Crippen molar-refractivity contribution in [2.24, 2.45) is 12.8 Å². The molecule has 170 valence electrons. The molecule has 1 aromatic carbocycles. The van der Waals surface area contributed by atoms with Gasteiger partial charge in [-0.05, 0) is 24.6 Å². The van der Waals surface area contributed by atoms with Crippen LogP contribution in [0.5, 0.6) is 5.88 Å². The fourth-order valence-corrected chi connectivity index (χ4v) is 4.04. The maximum atomic E-state index is 12.2. The molecule has 2 aromatic heterocycles. The largest absolute Gasteiger partial charge is 0.460 e. The summed E-state index contributed by atoms with van der Waals surface area (Å²) in [5.74, 6) is -0.120. The number of benzene rings is 1. The third kappa shape index (κ3) is 3.74. The van der Waals surface area contributed by atoms with Gasteiger partial charge in [-0.1, -0.05) is 32.9 Å². The van der Waals surface area contributed by atoms with Gasteiger partial charge in [-0.3, -0.25) is 4.57 Å². The molecule has 0 aliphatic carbocycles. The van der Waals surface area contributed by atoms with Gasteiger partial charge in [0.15, 0.2) is 0 Å². The van der Waals surface area contributed by atoms with E-state index in [1.54, 1.807) is 35.6 Å². The minimum Gasteiger partial charge on any atom is -0.460 e. The van der Waals surface area contributed by atoms with Crippen LogP contribution in [0, 0.1) is 11.3 Å². The van der Waals surface area contributed by atoms with Crippen molar-refractivity contribution in [1.29, 1.82) is 5.26 Å². The summed E-state index contributed by atoms with van der Waals surface area (Å²) in [7, 11) is 1.80. The van der Waals surface area contributed by atoms with Crippen molar-refractivity contribution >= 4 is 5.97 Å². The van der Waals surface area contributed by atoms with E-state index in [0.29, 0.717) is 11.5 Å². The molecular formula is C24H26N6O3. The van der Waals surface area contributed by atoms with Gasteiger partial charge >= 0.3 is 5.97 Å². The van der Waals surface area contributed by atoms with Gasteiger partial charge in [-0.15, -0.1) is 0 Å². The van der Waals surface area contributed by atoms with Gasteiger partial charge in [0.05, 0.1) is 23.8 Å². The molecular weight excluding hydrogens is 420 g/mol. The summed E-state index contributed by atoms with van der Waals surface area (Å²) in [5.41, 5.74) is 9.48. The fourth-order valence-electron chi connectivity index (χ4n) is 4.04. The molecule has 1 atom stereocenters. The van der Waals surface area contributed by atoms with Crippen molar-refractivity contribution in [3.05, 3.63) is 70.8 Å². The molecule has 0 saturated heterocycles. The average molecular weight is 447 g/mol. The summed E-state index contributed by atoms with van der Waals surface area (Å²) in [5, 5.41) is 14.6. The highest BCUT2D eigenvalue weighted by Gasteiger charge is 2.39. The minimum atomic E-state index is -0.492. The Labute approximate surface area is 192 Å². The quantitative estimate of drug-likeness (QED) is 0.610. The summed E-state index contributed by atoms with van der Waals surface area (Å²) < 4.78 is 14.2. The van der Waals surface area contributed by atoms with Crippen LogP contribution in [0.1, 0.15) is 61.1 Å². The zero-order valence-electron chi connectivity index (χ0n) is 19.3. The fraction of sp³-hybridized carbons (Fsp3) is 0.333. The summed E-state index contributed by atoms with van der Waals surface area (Å²) >= 11 is 0. The number of nitrogens with zero attached hydrogens (tertiary/aromatic N) is 5. The lowest BCUT2D eigenvalue weighted by Crippen LogP contribution is -2.24. The molecule has 4 rings (SSSR count). The Hall–Kier alpha value is -4.06. The number of aryl methyl sites for hydroxylation is 1. The van der Waals surface area contributed by atoms with Gasteiger partial charge in [0.1, 0.15) is 11.6 Å². The van der Waals surface area contributed by atoms with E-state index in [0.717, 1.165) is 22.5 Å². The Morgan fingerprint density at radius 3 is 2.61 bits per heavy atom. The number of esters is 1. The predicted molar refractivity (Wildman–Crippen MR) is 121 cm³/mol. The van der Waals surface area contributed by atoms with E-state index >= 15 is 0 Å².